The highest BCUT2D eigenvalue weighted by Crippen LogP contribution is 2.21. The topological polar surface area (TPSA) is 64.6 Å². The first-order valence-electron chi connectivity index (χ1n) is 10.7. The van der Waals surface area contributed by atoms with Gasteiger partial charge in [0.1, 0.15) is 0 Å². The van der Waals surface area contributed by atoms with Crippen LogP contribution in [-0.2, 0) is 32.0 Å². The lowest BCUT2D eigenvalue weighted by Gasteiger charge is -2.09. The molecule has 0 amide bonds. The fourth-order valence-corrected chi connectivity index (χ4v) is 3.32. The fraction of sp³-hybridized carbons (Fsp3) is 0.214. The van der Waals surface area contributed by atoms with Crippen LogP contribution >= 0.6 is 0 Å². The largest absolute Gasteiger partial charge is 0.468 e. The molecule has 0 aromatic heterocycles. The second-order valence-electron chi connectivity index (χ2n) is 7.45. The molecule has 0 aliphatic carbocycles. The van der Waals surface area contributed by atoms with Crippen molar-refractivity contribution in [3.8, 4) is 23.0 Å². The van der Waals surface area contributed by atoms with Crippen LogP contribution in [0.5, 0.6) is 0 Å². The second kappa shape index (κ2) is 12.1. The first kappa shape index (κ1) is 23.6. The average molecular weight is 442 g/mol. The zero-order valence-electron chi connectivity index (χ0n) is 18.8. The molecule has 0 saturated carbocycles. The Bertz CT molecular complexity index is 1110. The number of anilines is 1. The van der Waals surface area contributed by atoms with Crippen molar-refractivity contribution in [2.24, 2.45) is 5.92 Å². The molecule has 3 aromatic rings. The lowest BCUT2D eigenvalue weighted by Crippen LogP contribution is -2.26. The highest BCUT2D eigenvalue weighted by Gasteiger charge is 2.27. The minimum Gasteiger partial charge on any atom is -0.468 e. The predicted octanol–water partition coefficient (Wildman–Crippen LogP) is 4.86. The highest BCUT2D eigenvalue weighted by molar-refractivity contribution is 5.95. The van der Waals surface area contributed by atoms with E-state index in [0.717, 1.165) is 17.8 Å². The smallest absolute Gasteiger partial charge is 0.321 e. The molecule has 5 nitrogen and oxygen atoms in total. The number of carbonyl (C=O) groups excluding carboxylic acids is 2. The number of esters is 2. The zero-order valence-corrected chi connectivity index (χ0v) is 18.8. The number of nitrogens with one attached hydrogen (secondary N) is 1. The number of benzene rings is 3. The fourth-order valence-electron chi connectivity index (χ4n) is 3.32. The molecule has 1 N–H and O–H groups in total. The molecule has 168 valence electrons. The van der Waals surface area contributed by atoms with Crippen molar-refractivity contribution in [3.63, 3.8) is 0 Å². The van der Waals surface area contributed by atoms with Gasteiger partial charge in [-0.1, -0.05) is 66.6 Å². The third kappa shape index (κ3) is 6.98. The Kier molecular flexibility index (Phi) is 8.67. The Morgan fingerprint density at radius 1 is 0.788 bits per heavy atom. The van der Waals surface area contributed by atoms with Crippen LogP contribution in [0.3, 0.4) is 0 Å². The number of ether oxygens (including phenoxy) is 2. The Balaban J connectivity index is 1.53. The Morgan fingerprint density at radius 3 is 2.12 bits per heavy atom. The van der Waals surface area contributed by atoms with Gasteiger partial charge in [0.05, 0.1) is 14.2 Å². The van der Waals surface area contributed by atoms with Crippen LogP contribution in [0.25, 0.3) is 11.1 Å². The maximum Gasteiger partial charge on any atom is 0.321 e. The SMILES string of the molecule is COC(=O)C(CC#CCc1ccc(NCc2cccc(-c3ccccc3)c2)cc1)C(=O)OC. The van der Waals surface area contributed by atoms with Crippen LogP contribution in [0.2, 0.25) is 0 Å². The number of rotatable bonds is 8. The minimum atomic E-state index is -1.01. The van der Waals surface area contributed by atoms with Gasteiger partial charge in [0, 0.05) is 25.1 Å². The van der Waals surface area contributed by atoms with Crippen molar-refractivity contribution in [2.45, 2.75) is 19.4 Å². The van der Waals surface area contributed by atoms with Gasteiger partial charge >= 0.3 is 11.9 Å². The first-order chi connectivity index (χ1) is 16.1. The average Bonchev–Trinajstić information content (AvgIpc) is 2.88. The van der Waals surface area contributed by atoms with Gasteiger partial charge in [-0.05, 0) is 40.5 Å². The van der Waals surface area contributed by atoms with Crippen LogP contribution in [-0.4, -0.2) is 26.2 Å². The van der Waals surface area contributed by atoms with Gasteiger partial charge in [-0.15, -0.1) is 5.92 Å². The second-order valence-corrected chi connectivity index (χ2v) is 7.45. The minimum absolute atomic E-state index is 0.0705. The molecule has 3 aromatic carbocycles. The molecule has 0 aliphatic heterocycles. The van der Waals surface area contributed by atoms with Crippen molar-refractivity contribution in [1.82, 2.24) is 0 Å². The number of hydrogen-bond donors (Lipinski definition) is 1. The molecule has 0 aliphatic rings. The quantitative estimate of drug-likeness (QED) is 0.307. The molecule has 33 heavy (non-hydrogen) atoms. The van der Waals surface area contributed by atoms with Crippen molar-refractivity contribution in [2.75, 3.05) is 19.5 Å². The lowest BCUT2D eigenvalue weighted by molar-refractivity contribution is -0.158. The molecule has 0 bridgehead atoms. The summed E-state index contributed by atoms with van der Waals surface area (Å²) in [5, 5.41) is 3.45. The maximum absolute atomic E-state index is 11.7. The summed E-state index contributed by atoms with van der Waals surface area (Å²) in [6, 6.07) is 26.9. The molecular formula is C28H27NO4. The van der Waals surface area contributed by atoms with E-state index in [4.69, 9.17) is 0 Å². The van der Waals surface area contributed by atoms with Crippen molar-refractivity contribution in [1.29, 1.82) is 0 Å². The Morgan fingerprint density at radius 2 is 1.45 bits per heavy atom. The van der Waals surface area contributed by atoms with Crippen LogP contribution in [0, 0.1) is 17.8 Å². The van der Waals surface area contributed by atoms with Gasteiger partial charge < -0.3 is 14.8 Å². The summed E-state index contributed by atoms with van der Waals surface area (Å²) in [5.41, 5.74) is 5.68. The molecule has 0 unspecified atom stereocenters. The van der Waals surface area contributed by atoms with Gasteiger partial charge in [-0.3, -0.25) is 9.59 Å². The van der Waals surface area contributed by atoms with Crippen LogP contribution in [0.4, 0.5) is 5.69 Å². The molecule has 0 spiro atoms. The van der Waals surface area contributed by atoms with Crippen LogP contribution in [0.15, 0.2) is 78.9 Å². The molecule has 0 atom stereocenters. The molecule has 0 radical (unpaired) electrons. The molecule has 0 fully saturated rings. The van der Waals surface area contributed by atoms with E-state index in [0.29, 0.717) is 6.42 Å². The third-order valence-corrected chi connectivity index (χ3v) is 5.18. The number of carbonyl (C=O) groups is 2. The maximum atomic E-state index is 11.7. The van der Waals surface area contributed by atoms with E-state index in [1.165, 1.54) is 30.9 Å². The summed E-state index contributed by atoms with van der Waals surface area (Å²) in [6.07, 6.45) is 0.593. The molecule has 0 saturated heterocycles. The Hall–Kier alpha value is -4.04. The van der Waals surface area contributed by atoms with Crippen LogP contribution < -0.4 is 5.32 Å². The summed E-state index contributed by atoms with van der Waals surface area (Å²) in [7, 11) is 2.47. The van der Waals surface area contributed by atoms with Gasteiger partial charge in [0.25, 0.3) is 0 Å². The van der Waals surface area contributed by atoms with Crippen molar-refractivity contribution >= 4 is 17.6 Å². The van der Waals surface area contributed by atoms with Crippen LogP contribution in [0.1, 0.15) is 17.5 Å². The summed E-state index contributed by atoms with van der Waals surface area (Å²) in [6.45, 7) is 0.724. The van der Waals surface area contributed by atoms with E-state index in [9.17, 15) is 9.59 Å². The summed E-state index contributed by atoms with van der Waals surface area (Å²) >= 11 is 0. The summed E-state index contributed by atoms with van der Waals surface area (Å²) in [4.78, 5) is 23.3. The first-order valence-corrected chi connectivity index (χ1v) is 10.7. The van der Waals surface area contributed by atoms with Crippen molar-refractivity contribution in [3.05, 3.63) is 90.0 Å². The zero-order chi connectivity index (χ0) is 23.5. The molecular weight excluding hydrogens is 414 g/mol. The summed E-state index contributed by atoms with van der Waals surface area (Å²) in [5.74, 6) is 3.59. The number of methoxy groups -OCH3 is 2. The van der Waals surface area contributed by atoms with Gasteiger partial charge in [0.2, 0.25) is 0 Å². The molecule has 5 heteroatoms. The standard InChI is InChI=1S/C28H27NO4/c1-32-27(30)26(28(31)33-2)14-7-6-9-21-15-17-25(18-16-21)29-20-22-10-8-13-24(19-22)23-11-4-3-5-12-23/h3-5,8,10-13,15-19,26,29H,9,14,20H2,1-2H3. The number of hydrogen-bond acceptors (Lipinski definition) is 5. The van der Waals surface area contributed by atoms with Gasteiger partial charge in [0.15, 0.2) is 5.92 Å². The monoisotopic (exact) mass is 441 g/mol. The van der Waals surface area contributed by atoms with E-state index in [2.05, 4.69) is 63.0 Å². The van der Waals surface area contributed by atoms with E-state index < -0.39 is 17.9 Å². The van der Waals surface area contributed by atoms with E-state index in [1.54, 1.807) is 0 Å². The van der Waals surface area contributed by atoms with Gasteiger partial charge in [-0.25, -0.2) is 0 Å². The summed E-state index contributed by atoms with van der Waals surface area (Å²) < 4.78 is 9.27. The third-order valence-electron chi connectivity index (χ3n) is 5.18. The van der Waals surface area contributed by atoms with Crippen molar-refractivity contribution < 1.29 is 19.1 Å². The van der Waals surface area contributed by atoms with Gasteiger partial charge in [-0.2, -0.15) is 0 Å². The normalized spacial score (nSPS) is 10.2. The Labute approximate surface area is 194 Å². The van der Waals surface area contributed by atoms with E-state index in [-0.39, 0.29) is 6.42 Å². The molecule has 0 heterocycles. The van der Waals surface area contributed by atoms with E-state index in [1.807, 2.05) is 42.5 Å². The lowest BCUT2D eigenvalue weighted by atomic mass is 10.0. The highest BCUT2D eigenvalue weighted by atomic mass is 16.5. The molecule has 3 rings (SSSR count). The van der Waals surface area contributed by atoms with E-state index >= 15 is 0 Å². The predicted molar refractivity (Wildman–Crippen MR) is 129 cm³/mol.